The second-order valence-electron chi connectivity index (χ2n) is 7.40. The normalized spacial score (nSPS) is 28.9. The number of hydrogen-bond acceptors (Lipinski definition) is 4. The van der Waals surface area contributed by atoms with E-state index in [0.29, 0.717) is 17.3 Å². The molecule has 0 aliphatic carbocycles. The van der Waals surface area contributed by atoms with Crippen LogP contribution in [0, 0.1) is 11.8 Å². The summed E-state index contributed by atoms with van der Waals surface area (Å²) in [6, 6.07) is 15.4. The summed E-state index contributed by atoms with van der Waals surface area (Å²) in [7, 11) is 0. The zero-order valence-electron chi connectivity index (χ0n) is 14.9. The summed E-state index contributed by atoms with van der Waals surface area (Å²) in [6.45, 7) is 0.463. The number of benzene rings is 2. The highest BCUT2D eigenvalue weighted by Crippen LogP contribution is 2.47. The third-order valence-electron chi connectivity index (χ3n) is 5.86. The number of carbonyl (C=O) groups excluding carboxylic acids is 3. The van der Waals surface area contributed by atoms with E-state index in [1.54, 1.807) is 36.4 Å². The summed E-state index contributed by atoms with van der Waals surface area (Å²) < 4.78 is 0. The summed E-state index contributed by atoms with van der Waals surface area (Å²) in [5.74, 6) is -1.84. The Kier molecular flexibility index (Phi) is 3.96. The molecule has 2 fully saturated rings. The lowest BCUT2D eigenvalue weighted by molar-refractivity contribution is -0.129. The fourth-order valence-corrected chi connectivity index (χ4v) is 4.96. The molecule has 0 N–H and O–H groups in total. The molecule has 4 atom stereocenters. The monoisotopic (exact) mass is 392 g/mol. The lowest BCUT2D eigenvalue weighted by Crippen LogP contribution is -2.48. The van der Waals surface area contributed by atoms with Crippen LogP contribution in [-0.4, -0.2) is 34.6 Å². The maximum absolute atomic E-state index is 13.2. The van der Waals surface area contributed by atoms with Crippen LogP contribution < -0.4 is 4.90 Å². The molecular weight excluding hydrogens is 376 g/mol. The third kappa shape index (κ3) is 2.47. The van der Waals surface area contributed by atoms with Crippen LogP contribution in [0.3, 0.4) is 0 Å². The van der Waals surface area contributed by atoms with Crippen molar-refractivity contribution >= 4 is 34.9 Å². The summed E-state index contributed by atoms with van der Waals surface area (Å²) in [5, 5.41) is 0.617. The Balaban J connectivity index is 1.52. The van der Waals surface area contributed by atoms with Crippen molar-refractivity contribution in [2.75, 3.05) is 4.90 Å². The lowest BCUT2D eigenvalue weighted by atomic mass is 9.90. The minimum atomic E-state index is -0.653. The van der Waals surface area contributed by atoms with Crippen molar-refractivity contribution in [1.82, 2.24) is 4.90 Å². The summed E-state index contributed by atoms with van der Waals surface area (Å²) in [6.07, 6.45) is 3.29. The first-order chi connectivity index (χ1) is 13.6. The van der Waals surface area contributed by atoms with Gasteiger partial charge in [-0.05, 0) is 35.9 Å². The molecule has 5 rings (SSSR count). The molecule has 3 heterocycles. The van der Waals surface area contributed by atoms with Gasteiger partial charge in [-0.3, -0.25) is 19.3 Å². The van der Waals surface area contributed by atoms with Crippen molar-refractivity contribution in [3.05, 3.63) is 77.3 Å². The number of hydrogen-bond donors (Lipinski definition) is 0. The molecule has 3 aliphatic rings. The van der Waals surface area contributed by atoms with Crippen LogP contribution in [0.5, 0.6) is 0 Å². The first-order valence-corrected chi connectivity index (χ1v) is 9.59. The average Bonchev–Trinajstić information content (AvgIpc) is 3.06. The van der Waals surface area contributed by atoms with Gasteiger partial charge in [0.05, 0.1) is 23.6 Å². The van der Waals surface area contributed by atoms with E-state index >= 15 is 0 Å². The van der Waals surface area contributed by atoms with E-state index in [-0.39, 0.29) is 23.6 Å². The average molecular weight is 393 g/mol. The number of fused-ring (bicyclic) bond motifs is 5. The van der Waals surface area contributed by atoms with Crippen LogP contribution in [0.4, 0.5) is 5.69 Å². The molecule has 0 spiro atoms. The van der Waals surface area contributed by atoms with Crippen molar-refractivity contribution in [3.63, 3.8) is 0 Å². The number of para-hydroxylation sites is 1. The van der Waals surface area contributed by atoms with Gasteiger partial charge >= 0.3 is 0 Å². The molecule has 140 valence electrons. The number of halogens is 1. The fourth-order valence-electron chi connectivity index (χ4n) is 4.75. The van der Waals surface area contributed by atoms with E-state index in [1.165, 1.54) is 11.0 Å². The Labute approximate surface area is 167 Å². The molecule has 0 aromatic heterocycles. The van der Waals surface area contributed by atoms with E-state index in [1.807, 2.05) is 29.2 Å². The first-order valence-electron chi connectivity index (χ1n) is 9.21. The summed E-state index contributed by atoms with van der Waals surface area (Å²) in [4.78, 5) is 42.4. The van der Waals surface area contributed by atoms with Crippen molar-refractivity contribution in [2.24, 2.45) is 11.8 Å². The van der Waals surface area contributed by atoms with Crippen molar-refractivity contribution in [3.8, 4) is 0 Å². The number of ketones is 1. The first kappa shape index (κ1) is 17.3. The summed E-state index contributed by atoms with van der Waals surface area (Å²) >= 11 is 6.09. The van der Waals surface area contributed by atoms with Crippen LogP contribution in [0.25, 0.3) is 0 Å². The molecule has 2 bridgehead atoms. The molecule has 2 saturated heterocycles. The molecule has 0 saturated carbocycles. The van der Waals surface area contributed by atoms with Gasteiger partial charge in [-0.15, -0.1) is 0 Å². The van der Waals surface area contributed by atoms with E-state index in [9.17, 15) is 14.4 Å². The Morgan fingerprint density at radius 1 is 0.893 bits per heavy atom. The standard InChI is InChI=1S/C22H17ClN2O3/c23-14-6-4-5-13(11-14)12-24-16-9-10-17(26)20(24)19-18(16)21(27)25(22(19)28)15-7-2-1-3-8-15/h1-11,16,18-20H,12H2/t16?,18-,19-,20?/m0/s1. The number of imide groups is 1. The zero-order chi connectivity index (χ0) is 19.4. The minimum Gasteiger partial charge on any atom is -0.293 e. The second kappa shape index (κ2) is 6.40. The van der Waals surface area contributed by atoms with Gasteiger partial charge in [-0.1, -0.05) is 48.0 Å². The molecule has 2 aromatic carbocycles. The third-order valence-corrected chi connectivity index (χ3v) is 6.10. The Bertz CT molecular complexity index is 1020. The number of amides is 2. The van der Waals surface area contributed by atoms with Crippen molar-refractivity contribution in [1.29, 1.82) is 0 Å². The van der Waals surface area contributed by atoms with E-state index in [4.69, 9.17) is 11.6 Å². The molecule has 28 heavy (non-hydrogen) atoms. The predicted octanol–water partition coefficient (Wildman–Crippen LogP) is 2.84. The molecular formula is C22H17ClN2O3. The zero-order valence-corrected chi connectivity index (χ0v) is 15.6. The van der Waals surface area contributed by atoms with Gasteiger partial charge in [0.25, 0.3) is 0 Å². The molecule has 6 heteroatoms. The lowest BCUT2D eigenvalue weighted by Gasteiger charge is -2.33. The Morgan fingerprint density at radius 2 is 1.64 bits per heavy atom. The van der Waals surface area contributed by atoms with Gasteiger partial charge in [0.15, 0.2) is 5.78 Å². The minimum absolute atomic E-state index is 0.123. The highest BCUT2D eigenvalue weighted by atomic mass is 35.5. The molecule has 2 amide bonds. The second-order valence-corrected chi connectivity index (χ2v) is 7.83. The number of rotatable bonds is 3. The number of nitrogens with zero attached hydrogens (tertiary/aromatic N) is 2. The van der Waals surface area contributed by atoms with Crippen LogP contribution in [-0.2, 0) is 20.9 Å². The van der Waals surface area contributed by atoms with Crippen molar-refractivity contribution in [2.45, 2.75) is 18.6 Å². The van der Waals surface area contributed by atoms with Gasteiger partial charge < -0.3 is 0 Å². The maximum atomic E-state index is 13.2. The number of carbonyl (C=O) groups is 3. The SMILES string of the molecule is O=C1C=CC2[C@@H]3C(=O)N(c4ccccc4)C(=O)[C@@H]3C1N2Cc1cccc(Cl)c1. The Morgan fingerprint density at radius 3 is 2.39 bits per heavy atom. The maximum Gasteiger partial charge on any atom is 0.239 e. The quantitative estimate of drug-likeness (QED) is 0.754. The molecule has 2 aromatic rings. The van der Waals surface area contributed by atoms with Gasteiger partial charge in [0.1, 0.15) is 0 Å². The molecule has 0 radical (unpaired) electrons. The smallest absolute Gasteiger partial charge is 0.239 e. The molecule has 3 aliphatic heterocycles. The topological polar surface area (TPSA) is 57.7 Å². The van der Waals surface area contributed by atoms with Crippen LogP contribution in [0.2, 0.25) is 5.02 Å². The van der Waals surface area contributed by atoms with Gasteiger partial charge in [-0.25, -0.2) is 4.90 Å². The highest BCUT2D eigenvalue weighted by molar-refractivity contribution is 6.30. The van der Waals surface area contributed by atoms with Gasteiger partial charge in [0.2, 0.25) is 11.8 Å². The highest BCUT2D eigenvalue weighted by Gasteiger charge is 2.64. The van der Waals surface area contributed by atoms with Crippen molar-refractivity contribution < 1.29 is 14.4 Å². The van der Waals surface area contributed by atoms with Gasteiger partial charge in [-0.2, -0.15) is 0 Å². The van der Waals surface area contributed by atoms with Crippen LogP contribution >= 0.6 is 11.6 Å². The van der Waals surface area contributed by atoms with E-state index in [2.05, 4.69) is 0 Å². The van der Waals surface area contributed by atoms with Crippen LogP contribution in [0.1, 0.15) is 5.56 Å². The predicted molar refractivity (Wildman–Crippen MR) is 105 cm³/mol. The van der Waals surface area contributed by atoms with Gasteiger partial charge in [0, 0.05) is 17.6 Å². The summed E-state index contributed by atoms with van der Waals surface area (Å²) in [5.41, 5.74) is 1.51. The fraction of sp³-hybridized carbons (Fsp3) is 0.227. The number of anilines is 1. The largest absolute Gasteiger partial charge is 0.293 e. The molecule has 2 unspecified atom stereocenters. The van der Waals surface area contributed by atoms with Crippen LogP contribution in [0.15, 0.2) is 66.7 Å². The van der Waals surface area contributed by atoms with E-state index in [0.717, 1.165) is 5.56 Å². The Hall–Kier alpha value is -2.76. The van der Waals surface area contributed by atoms with E-state index < -0.39 is 17.9 Å². The molecule has 5 nitrogen and oxygen atoms in total.